The lowest BCUT2D eigenvalue weighted by atomic mass is 10.0. The SMILES string of the molecule is Cc1ccc(CN)cc1-c1c(Br)nnn1C. The maximum Gasteiger partial charge on any atom is 0.156 e. The predicted octanol–water partition coefficient (Wildman–Crippen LogP) is 2.01. The molecule has 0 saturated carbocycles. The molecule has 0 amide bonds. The molecule has 0 unspecified atom stereocenters. The second-order valence-corrected chi connectivity index (χ2v) is 4.46. The first-order valence-corrected chi connectivity index (χ1v) is 5.78. The van der Waals surface area contributed by atoms with Crippen molar-refractivity contribution in [3.8, 4) is 11.3 Å². The van der Waals surface area contributed by atoms with Crippen molar-refractivity contribution in [2.24, 2.45) is 12.8 Å². The normalized spacial score (nSPS) is 10.8. The molecule has 0 spiro atoms. The molecule has 5 heteroatoms. The van der Waals surface area contributed by atoms with Crippen molar-refractivity contribution in [1.82, 2.24) is 15.0 Å². The highest BCUT2D eigenvalue weighted by Gasteiger charge is 2.12. The molecule has 0 atom stereocenters. The Morgan fingerprint density at radius 2 is 2.19 bits per heavy atom. The van der Waals surface area contributed by atoms with E-state index in [-0.39, 0.29) is 0 Å². The molecule has 1 aromatic carbocycles. The average molecular weight is 281 g/mol. The molecule has 1 heterocycles. The summed E-state index contributed by atoms with van der Waals surface area (Å²) < 4.78 is 2.51. The van der Waals surface area contributed by atoms with E-state index in [4.69, 9.17) is 5.73 Å². The van der Waals surface area contributed by atoms with E-state index in [1.54, 1.807) is 4.68 Å². The Labute approximate surface area is 103 Å². The summed E-state index contributed by atoms with van der Waals surface area (Å²) in [7, 11) is 1.88. The summed E-state index contributed by atoms with van der Waals surface area (Å²) in [5.74, 6) is 0. The quantitative estimate of drug-likeness (QED) is 0.916. The molecular formula is C11H13BrN4. The van der Waals surface area contributed by atoms with Crippen LogP contribution in [-0.4, -0.2) is 15.0 Å². The fourth-order valence-corrected chi connectivity index (χ4v) is 2.21. The van der Waals surface area contributed by atoms with Gasteiger partial charge in [0.15, 0.2) is 4.60 Å². The van der Waals surface area contributed by atoms with E-state index in [0.29, 0.717) is 6.54 Å². The van der Waals surface area contributed by atoms with Crippen molar-refractivity contribution in [3.05, 3.63) is 33.9 Å². The maximum absolute atomic E-state index is 5.65. The molecule has 0 bridgehead atoms. The van der Waals surface area contributed by atoms with Gasteiger partial charge in [-0.05, 0) is 40.0 Å². The summed E-state index contributed by atoms with van der Waals surface area (Å²) in [6.45, 7) is 2.60. The van der Waals surface area contributed by atoms with E-state index < -0.39 is 0 Å². The Bertz CT molecular complexity index is 499. The average Bonchev–Trinajstić information content (AvgIpc) is 2.60. The number of aromatic nitrogens is 3. The minimum absolute atomic E-state index is 0.538. The molecule has 2 aromatic rings. The van der Waals surface area contributed by atoms with Crippen LogP contribution in [0, 0.1) is 6.92 Å². The van der Waals surface area contributed by atoms with Crippen molar-refractivity contribution in [1.29, 1.82) is 0 Å². The van der Waals surface area contributed by atoms with E-state index in [0.717, 1.165) is 21.4 Å². The fourth-order valence-electron chi connectivity index (χ4n) is 1.67. The van der Waals surface area contributed by atoms with Gasteiger partial charge in [0, 0.05) is 19.2 Å². The van der Waals surface area contributed by atoms with Crippen LogP contribution in [0.15, 0.2) is 22.8 Å². The standard InChI is InChI=1S/C11H13BrN4/c1-7-3-4-8(6-13)5-9(7)10-11(12)14-15-16(10)2/h3-5H,6,13H2,1-2H3. The number of benzene rings is 1. The first kappa shape index (κ1) is 11.3. The Hall–Kier alpha value is -1.20. The van der Waals surface area contributed by atoms with Crippen LogP contribution in [0.4, 0.5) is 0 Å². The summed E-state index contributed by atoms with van der Waals surface area (Å²) in [5, 5.41) is 7.97. The van der Waals surface area contributed by atoms with Gasteiger partial charge >= 0.3 is 0 Å². The number of halogens is 1. The molecule has 84 valence electrons. The Morgan fingerprint density at radius 3 is 2.75 bits per heavy atom. The Balaban J connectivity index is 2.63. The lowest BCUT2D eigenvalue weighted by Crippen LogP contribution is -2.00. The van der Waals surface area contributed by atoms with Crippen molar-refractivity contribution in [3.63, 3.8) is 0 Å². The molecule has 2 rings (SSSR count). The number of hydrogen-bond donors (Lipinski definition) is 1. The van der Waals surface area contributed by atoms with Gasteiger partial charge in [0.05, 0.1) is 0 Å². The first-order valence-electron chi connectivity index (χ1n) is 4.98. The van der Waals surface area contributed by atoms with E-state index in [2.05, 4.69) is 45.3 Å². The van der Waals surface area contributed by atoms with Gasteiger partial charge in [-0.25, -0.2) is 4.68 Å². The van der Waals surface area contributed by atoms with Crippen molar-refractivity contribution >= 4 is 15.9 Å². The topological polar surface area (TPSA) is 56.7 Å². The maximum atomic E-state index is 5.65. The van der Waals surface area contributed by atoms with Gasteiger partial charge in [-0.3, -0.25) is 0 Å². The molecular weight excluding hydrogens is 268 g/mol. The number of nitrogens with zero attached hydrogens (tertiary/aromatic N) is 3. The van der Waals surface area contributed by atoms with Crippen LogP contribution in [0.5, 0.6) is 0 Å². The molecule has 16 heavy (non-hydrogen) atoms. The fraction of sp³-hybridized carbons (Fsp3) is 0.273. The molecule has 0 aliphatic rings. The van der Waals surface area contributed by atoms with Crippen LogP contribution in [0.25, 0.3) is 11.3 Å². The summed E-state index contributed by atoms with van der Waals surface area (Å²) in [6, 6.07) is 6.19. The Morgan fingerprint density at radius 1 is 1.44 bits per heavy atom. The highest BCUT2D eigenvalue weighted by atomic mass is 79.9. The van der Waals surface area contributed by atoms with E-state index in [1.807, 2.05) is 13.1 Å². The van der Waals surface area contributed by atoms with E-state index >= 15 is 0 Å². The van der Waals surface area contributed by atoms with Crippen molar-refractivity contribution < 1.29 is 0 Å². The van der Waals surface area contributed by atoms with Gasteiger partial charge in [0.25, 0.3) is 0 Å². The number of hydrogen-bond acceptors (Lipinski definition) is 3. The molecule has 0 fully saturated rings. The summed E-state index contributed by atoms with van der Waals surface area (Å²) in [5.41, 5.74) is 10.0. The van der Waals surface area contributed by atoms with E-state index in [1.165, 1.54) is 5.56 Å². The van der Waals surface area contributed by atoms with Gasteiger partial charge in [-0.2, -0.15) is 0 Å². The zero-order valence-electron chi connectivity index (χ0n) is 9.24. The predicted molar refractivity (Wildman–Crippen MR) is 66.8 cm³/mol. The van der Waals surface area contributed by atoms with Crippen LogP contribution < -0.4 is 5.73 Å². The van der Waals surface area contributed by atoms with Crippen LogP contribution in [0.1, 0.15) is 11.1 Å². The number of aryl methyl sites for hydroxylation is 2. The van der Waals surface area contributed by atoms with E-state index in [9.17, 15) is 0 Å². The highest BCUT2D eigenvalue weighted by molar-refractivity contribution is 9.10. The Kier molecular flexibility index (Phi) is 3.07. The van der Waals surface area contributed by atoms with Crippen LogP contribution in [-0.2, 0) is 13.6 Å². The summed E-state index contributed by atoms with van der Waals surface area (Å²) in [6.07, 6.45) is 0. The van der Waals surface area contributed by atoms with Crippen LogP contribution in [0.2, 0.25) is 0 Å². The molecule has 0 saturated heterocycles. The molecule has 2 N–H and O–H groups in total. The van der Waals surface area contributed by atoms with Crippen LogP contribution in [0.3, 0.4) is 0 Å². The highest BCUT2D eigenvalue weighted by Crippen LogP contribution is 2.29. The molecule has 0 radical (unpaired) electrons. The number of rotatable bonds is 2. The monoisotopic (exact) mass is 280 g/mol. The van der Waals surface area contributed by atoms with Gasteiger partial charge < -0.3 is 5.73 Å². The molecule has 0 aliphatic heterocycles. The van der Waals surface area contributed by atoms with Crippen molar-refractivity contribution in [2.45, 2.75) is 13.5 Å². The zero-order chi connectivity index (χ0) is 11.7. The molecule has 0 aliphatic carbocycles. The summed E-state index contributed by atoms with van der Waals surface area (Å²) in [4.78, 5) is 0. The van der Waals surface area contributed by atoms with Gasteiger partial charge in [-0.15, -0.1) is 5.10 Å². The minimum Gasteiger partial charge on any atom is -0.326 e. The third-order valence-corrected chi connectivity index (χ3v) is 3.11. The second-order valence-electron chi connectivity index (χ2n) is 3.71. The smallest absolute Gasteiger partial charge is 0.156 e. The van der Waals surface area contributed by atoms with Gasteiger partial charge in [-0.1, -0.05) is 17.3 Å². The van der Waals surface area contributed by atoms with Crippen molar-refractivity contribution in [2.75, 3.05) is 0 Å². The van der Waals surface area contributed by atoms with Gasteiger partial charge in [0.2, 0.25) is 0 Å². The largest absolute Gasteiger partial charge is 0.326 e. The molecule has 4 nitrogen and oxygen atoms in total. The first-order chi connectivity index (χ1) is 7.63. The third-order valence-electron chi connectivity index (χ3n) is 2.58. The summed E-state index contributed by atoms with van der Waals surface area (Å²) >= 11 is 3.41. The minimum atomic E-state index is 0.538. The third kappa shape index (κ3) is 1.88. The number of nitrogens with two attached hydrogens (primary N) is 1. The molecule has 1 aromatic heterocycles. The van der Waals surface area contributed by atoms with Gasteiger partial charge in [0.1, 0.15) is 5.69 Å². The zero-order valence-corrected chi connectivity index (χ0v) is 10.8. The second kappa shape index (κ2) is 4.35. The van der Waals surface area contributed by atoms with Crippen LogP contribution >= 0.6 is 15.9 Å². The lowest BCUT2D eigenvalue weighted by molar-refractivity contribution is 0.719. The lowest BCUT2D eigenvalue weighted by Gasteiger charge is -2.08.